The molecule has 4 nitrogen and oxygen atoms in total. The van der Waals surface area contributed by atoms with Crippen LogP contribution in [-0.2, 0) is 21.6 Å². The van der Waals surface area contributed by atoms with Crippen molar-refractivity contribution in [2.24, 2.45) is 0 Å². The smallest absolute Gasteiger partial charge is 0.332 e. The molecule has 0 aliphatic heterocycles. The molecule has 1 heterocycles. The van der Waals surface area contributed by atoms with E-state index in [0.29, 0.717) is 18.0 Å². The summed E-state index contributed by atoms with van der Waals surface area (Å²) in [6.45, 7) is 4.19. The summed E-state index contributed by atoms with van der Waals surface area (Å²) in [5, 5.41) is 0.766. The molecular formula is C17H14FNO3S. The summed E-state index contributed by atoms with van der Waals surface area (Å²) in [4.78, 5) is -0.388. The van der Waals surface area contributed by atoms with Crippen molar-refractivity contribution in [1.82, 2.24) is 4.57 Å². The Balaban J connectivity index is 1.88. The molecule has 2 aromatic carbocycles. The molecule has 0 N–H and O–H groups in total. The molecular weight excluding hydrogens is 317 g/mol. The molecule has 0 unspecified atom stereocenters. The number of halogens is 1. The number of rotatable bonds is 5. The first-order valence-corrected chi connectivity index (χ1v) is 8.25. The molecule has 0 radical (unpaired) electrons. The fourth-order valence-electron chi connectivity index (χ4n) is 2.29. The minimum Gasteiger partial charge on any atom is -0.474 e. The molecule has 0 atom stereocenters. The molecule has 0 amide bonds. The minimum atomic E-state index is -4.75. The van der Waals surface area contributed by atoms with Crippen LogP contribution in [0.3, 0.4) is 0 Å². The second kappa shape index (κ2) is 5.89. The fourth-order valence-corrected chi connectivity index (χ4v) is 2.77. The van der Waals surface area contributed by atoms with Gasteiger partial charge in [0.25, 0.3) is 0 Å². The van der Waals surface area contributed by atoms with E-state index in [1.54, 1.807) is 22.9 Å². The lowest BCUT2D eigenvalue weighted by molar-refractivity contribution is 0.248. The molecule has 0 saturated carbocycles. The van der Waals surface area contributed by atoms with Gasteiger partial charge in [0, 0.05) is 11.6 Å². The van der Waals surface area contributed by atoms with E-state index in [1.165, 1.54) is 12.1 Å². The Morgan fingerprint density at radius 3 is 2.57 bits per heavy atom. The van der Waals surface area contributed by atoms with Crippen LogP contribution in [0.2, 0.25) is 0 Å². The molecule has 0 saturated heterocycles. The maximum absolute atomic E-state index is 13.2. The lowest BCUT2D eigenvalue weighted by atomic mass is 10.2. The van der Waals surface area contributed by atoms with Gasteiger partial charge in [0.15, 0.2) is 5.88 Å². The molecule has 0 fully saturated rings. The van der Waals surface area contributed by atoms with E-state index in [0.717, 1.165) is 10.9 Å². The Hall–Kier alpha value is -2.60. The number of hydrogen-bond donors (Lipinski definition) is 0. The van der Waals surface area contributed by atoms with Crippen LogP contribution in [0.15, 0.2) is 72.3 Å². The van der Waals surface area contributed by atoms with Crippen molar-refractivity contribution in [1.29, 1.82) is 0 Å². The number of benzene rings is 2. The summed E-state index contributed by atoms with van der Waals surface area (Å²) in [7, 11) is -4.75. The monoisotopic (exact) mass is 331 g/mol. The highest BCUT2D eigenvalue weighted by molar-refractivity contribution is 7.86. The van der Waals surface area contributed by atoms with Gasteiger partial charge in [-0.25, -0.2) is 0 Å². The first-order chi connectivity index (χ1) is 10.9. The first kappa shape index (κ1) is 15.3. The molecule has 0 bridgehead atoms. The van der Waals surface area contributed by atoms with Gasteiger partial charge >= 0.3 is 10.2 Å². The Morgan fingerprint density at radius 2 is 1.87 bits per heavy atom. The van der Waals surface area contributed by atoms with Crippen molar-refractivity contribution in [3.8, 4) is 0 Å². The van der Waals surface area contributed by atoms with Crippen molar-refractivity contribution < 1.29 is 17.0 Å². The minimum absolute atomic E-state index is 0.331. The molecule has 23 heavy (non-hydrogen) atoms. The lowest BCUT2D eigenvalue weighted by Gasteiger charge is -2.11. The highest BCUT2D eigenvalue weighted by Gasteiger charge is 2.14. The normalized spacial score (nSPS) is 11.5. The van der Waals surface area contributed by atoms with Crippen LogP contribution in [-0.4, -0.2) is 13.0 Å². The number of aromatic nitrogens is 1. The van der Waals surface area contributed by atoms with E-state index < -0.39 is 10.2 Å². The SMILES string of the molecule is C=C(OCc1ccccc1)n1ccc2ccc(S(=O)(=O)F)cc21. The maximum Gasteiger partial charge on any atom is 0.332 e. The van der Waals surface area contributed by atoms with Crippen molar-refractivity contribution in [3.05, 3.63) is 72.9 Å². The van der Waals surface area contributed by atoms with Crippen LogP contribution in [0.25, 0.3) is 16.8 Å². The van der Waals surface area contributed by atoms with E-state index in [2.05, 4.69) is 6.58 Å². The summed E-state index contributed by atoms with van der Waals surface area (Å²) in [6, 6.07) is 15.4. The van der Waals surface area contributed by atoms with Gasteiger partial charge in [-0.2, -0.15) is 8.42 Å². The topological polar surface area (TPSA) is 48.3 Å². The predicted octanol–water partition coefficient (Wildman–Crippen LogP) is 3.94. The molecule has 6 heteroatoms. The van der Waals surface area contributed by atoms with Crippen molar-refractivity contribution >= 4 is 27.0 Å². The quantitative estimate of drug-likeness (QED) is 0.525. The Labute approximate surface area is 133 Å². The van der Waals surface area contributed by atoms with E-state index in [1.807, 2.05) is 30.3 Å². The van der Waals surface area contributed by atoms with Gasteiger partial charge in [-0.05, 0) is 30.3 Å². The second-order valence-corrected chi connectivity index (χ2v) is 6.36. The van der Waals surface area contributed by atoms with Gasteiger partial charge < -0.3 is 4.74 Å². The summed E-state index contributed by atoms with van der Waals surface area (Å²) in [5.74, 6) is 0.331. The van der Waals surface area contributed by atoms with E-state index >= 15 is 0 Å². The standard InChI is InChI=1S/C17H14FNO3S/c1-13(22-12-14-5-3-2-4-6-14)19-10-9-15-7-8-16(11-17(15)19)23(18,20)21/h2-11H,1,12H2. The van der Waals surface area contributed by atoms with Crippen molar-refractivity contribution in [2.75, 3.05) is 0 Å². The third-order valence-corrected chi connectivity index (χ3v) is 4.28. The number of nitrogens with zero attached hydrogens (tertiary/aromatic N) is 1. The Kier molecular flexibility index (Phi) is 3.92. The summed E-state index contributed by atoms with van der Waals surface area (Å²) < 4.78 is 42.5. The first-order valence-electron chi connectivity index (χ1n) is 6.87. The maximum atomic E-state index is 13.2. The molecule has 118 valence electrons. The predicted molar refractivity (Wildman–Crippen MR) is 86.8 cm³/mol. The van der Waals surface area contributed by atoms with Gasteiger partial charge in [-0.1, -0.05) is 36.4 Å². The summed E-state index contributed by atoms with van der Waals surface area (Å²) >= 11 is 0. The average molecular weight is 331 g/mol. The van der Waals surface area contributed by atoms with Crippen LogP contribution in [0.4, 0.5) is 3.89 Å². The molecule has 3 rings (SSSR count). The van der Waals surface area contributed by atoms with E-state index in [-0.39, 0.29) is 4.90 Å². The zero-order valence-corrected chi connectivity index (χ0v) is 13.0. The van der Waals surface area contributed by atoms with Crippen LogP contribution in [0.1, 0.15) is 5.56 Å². The average Bonchev–Trinajstić information content (AvgIpc) is 2.96. The number of fused-ring (bicyclic) bond motifs is 1. The largest absolute Gasteiger partial charge is 0.474 e. The van der Waals surface area contributed by atoms with E-state index in [4.69, 9.17) is 4.74 Å². The third-order valence-electron chi connectivity index (χ3n) is 3.46. The van der Waals surface area contributed by atoms with Crippen molar-refractivity contribution in [2.45, 2.75) is 11.5 Å². The summed E-state index contributed by atoms with van der Waals surface area (Å²) in [5.41, 5.74) is 1.50. The molecule has 0 aliphatic rings. The fraction of sp³-hybridized carbons (Fsp3) is 0.0588. The van der Waals surface area contributed by atoms with Gasteiger partial charge in [-0.15, -0.1) is 3.89 Å². The van der Waals surface area contributed by atoms with Crippen LogP contribution in [0.5, 0.6) is 0 Å². The van der Waals surface area contributed by atoms with Gasteiger partial charge in [-0.3, -0.25) is 4.57 Å². The van der Waals surface area contributed by atoms with Gasteiger partial charge in [0.05, 0.1) is 5.52 Å². The zero-order valence-electron chi connectivity index (χ0n) is 12.1. The molecule has 0 aliphatic carbocycles. The second-order valence-electron chi connectivity index (χ2n) is 5.01. The van der Waals surface area contributed by atoms with Gasteiger partial charge in [0.1, 0.15) is 11.5 Å². The molecule has 1 aromatic heterocycles. The Morgan fingerprint density at radius 1 is 1.13 bits per heavy atom. The van der Waals surface area contributed by atoms with E-state index in [9.17, 15) is 12.3 Å². The lowest BCUT2D eigenvalue weighted by Crippen LogP contribution is -2.00. The third kappa shape index (κ3) is 3.27. The number of hydrogen-bond acceptors (Lipinski definition) is 3. The number of ether oxygens (including phenoxy) is 1. The Bertz CT molecular complexity index is 962. The summed E-state index contributed by atoms with van der Waals surface area (Å²) in [6.07, 6.45) is 1.70. The van der Waals surface area contributed by atoms with Crippen LogP contribution in [0, 0.1) is 0 Å². The highest BCUT2D eigenvalue weighted by Crippen LogP contribution is 2.24. The van der Waals surface area contributed by atoms with Gasteiger partial charge in [0.2, 0.25) is 0 Å². The molecule has 0 spiro atoms. The van der Waals surface area contributed by atoms with Crippen molar-refractivity contribution in [3.63, 3.8) is 0 Å². The van der Waals surface area contributed by atoms with Crippen LogP contribution < -0.4 is 0 Å². The highest BCUT2D eigenvalue weighted by atomic mass is 32.3. The zero-order chi connectivity index (χ0) is 16.4. The molecule has 3 aromatic rings. The van der Waals surface area contributed by atoms with Crippen LogP contribution >= 0.6 is 0 Å².